The minimum absolute atomic E-state index is 0.107. The molecule has 1 heterocycles. The fourth-order valence-corrected chi connectivity index (χ4v) is 2.95. The number of amides is 1. The van der Waals surface area contributed by atoms with Crippen molar-refractivity contribution in [2.24, 2.45) is 0 Å². The molecule has 0 fully saturated rings. The molecular formula is C17H25N4OS+. The van der Waals surface area contributed by atoms with Crippen molar-refractivity contribution in [3.05, 3.63) is 40.9 Å². The molecule has 23 heavy (non-hydrogen) atoms. The number of carbonyl (C=O) groups excluding carboxylic acids is 1. The van der Waals surface area contributed by atoms with E-state index in [1.807, 2.05) is 24.3 Å². The molecule has 2 rings (SSSR count). The Bertz CT molecular complexity index is 620. The predicted octanol–water partition coefficient (Wildman–Crippen LogP) is 1.85. The summed E-state index contributed by atoms with van der Waals surface area (Å²) in [5.74, 6) is -0.107. The Balaban J connectivity index is 1.85. The minimum Gasteiger partial charge on any atom is -0.345 e. The molecule has 1 aromatic heterocycles. The zero-order valence-corrected chi connectivity index (χ0v) is 14.8. The Morgan fingerprint density at radius 1 is 1.22 bits per heavy atom. The summed E-state index contributed by atoms with van der Waals surface area (Å²) in [4.78, 5) is 17.9. The number of benzene rings is 1. The second-order valence-corrected chi connectivity index (χ2v) is 6.35. The van der Waals surface area contributed by atoms with Crippen LogP contribution in [0, 0.1) is 6.92 Å². The molecule has 1 amide bonds. The summed E-state index contributed by atoms with van der Waals surface area (Å²) >= 11 is 1.44. The predicted molar refractivity (Wildman–Crippen MR) is 95.8 cm³/mol. The van der Waals surface area contributed by atoms with Gasteiger partial charge in [-0.05, 0) is 32.9 Å². The molecule has 0 saturated heterocycles. The third kappa shape index (κ3) is 5.33. The van der Waals surface area contributed by atoms with Crippen molar-refractivity contribution in [1.82, 2.24) is 10.3 Å². The van der Waals surface area contributed by atoms with Gasteiger partial charge in [-0.2, -0.15) is 0 Å². The van der Waals surface area contributed by atoms with E-state index in [1.54, 1.807) is 5.38 Å². The van der Waals surface area contributed by atoms with E-state index in [9.17, 15) is 4.79 Å². The molecule has 6 heteroatoms. The molecule has 0 aliphatic heterocycles. The van der Waals surface area contributed by atoms with Gasteiger partial charge in [0.25, 0.3) is 5.91 Å². The molecule has 2 aromatic rings. The van der Waals surface area contributed by atoms with Crippen LogP contribution in [0.5, 0.6) is 0 Å². The number of hydrogen-bond donors (Lipinski definition) is 3. The molecule has 0 saturated carbocycles. The van der Waals surface area contributed by atoms with Gasteiger partial charge in [-0.25, -0.2) is 4.98 Å². The molecule has 124 valence electrons. The van der Waals surface area contributed by atoms with Gasteiger partial charge < -0.3 is 15.5 Å². The number of rotatable bonds is 8. The third-order valence-corrected chi connectivity index (χ3v) is 4.56. The largest absolute Gasteiger partial charge is 0.345 e. The van der Waals surface area contributed by atoms with Crippen LogP contribution in [0.4, 0.5) is 10.8 Å². The van der Waals surface area contributed by atoms with E-state index in [1.165, 1.54) is 21.8 Å². The maximum atomic E-state index is 12.1. The van der Waals surface area contributed by atoms with Crippen LogP contribution in [-0.4, -0.2) is 37.1 Å². The number of quaternary nitrogens is 1. The van der Waals surface area contributed by atoms with E-state index in [4.69, 9.17) is 0 Å². The maximum Gasteiger partial charge on any atom is 0.271 e. The van der Waals surface area contributed by atoms with Gasteiger partial charge in [0.15, 0.2) is 5.13 Å². The van der Waals surface area contributed by atoms with E-state index < -0.39 is 0 Å². The lowest BCUT2D eigenvalue weighted by atomic mass is 10.2. The van der Waals surface area contributed by atoms with Crippen LogP contribution in [0.25, 0.3) is 0 Å². The van der Waals surface area contributed by atoms with Crippen molar-refractivity contribution in [1.29, 1.82) is 0 Å². The van der Waals surface area contributed by atoms with Crippen molar-refractivity contribution in [3.63, 3.8) is 0 Å². The van der Waals surface area contributed by atoms with Crippen LogP contribution < -0.4 is 15.5 Å². The highest BCUT2D eigenvalue weighted by Gasteiger charge is 2.11. The van der Waals surface area contributed by atoms with Gasteiger partial charge in [0.1, 0.15) is 5.69 Å². The number of aromatic nitrogens is 1. The smallest absolute Gasteiger partial charge is 0.271 e. The number of likely N-dealkylation sites (N-methyl/N-ethyl adjacent to an activating group) is 1. The number of thiazole rings is 1. The molecule has 0 unspecified atom stereocenters. The molecule has 0 radical (unpaired) electrons. The number of aryl methyl sites for hydroxylation is 1. The van der Waals surface area contributed by atoms with Crippen molar-refractivity contribution in [3.8, 4) is 0 Å². The number of anilines is 2. The summed E-state index contributed by atoms with van der Waals surface area (Å²) in [7, 11) is 0. The van der Waals surface area contributed by atoms with Gasteiger partial charge in [-0.15, -0.1) is 11.3 Å². The van der Waals surface area contributed by atoms with E-state index in [0.29, 0.717) is 12.2 Å². The Morgan fingerprint density at radius 2 is 1.91 bits per heavy atom. The van der Waals surface area contributed by atoms with Crippen LogP contribution in [-0.2, 0) is 0 Å². The summed E-state index contributed by atoms with van der Waals surface area (Å²) in [6.07, 6.45) is 0. The Hall–Kier alpha value is -1.92. The summed E-state index contributed by atoms with van der Waals surface area (Å²) in [5, 5.41) is 8.68. The Kier molecular flexibility index (Phi) is 6.55. The Morgan fingerprint density at radius 3 is 2.57 bits per heavy atom. The average Bonchev–Trinajstić information content (AvgIpc) is 3.02. The summed E-state index contributed by atoms with van der Waals surface area (Å²) < 4.78 is 0. The summed E-state index contributed by atoms with van der Waals surface area (Å²) in [6, 6.07) is 8.09. The summed E-state index contributed by atoms with van der Waals surface area (Å²) in [6.45, 7) is 10.1. The summed E-state index contributed by atoms with van der Waals surface area (Å²) in [5.41, 5.74) is 2.66. The molecule has 0 bridgehead atoms. The van der Waals surface area contributed by atoms with Crippen LogP contribution in [0.2, 0.25) is 0 Å². The van der Waals surface area contributed by atoms with Crippen LogP contribution in [0.1, 0.15) is 29.9 Å². The lowest BCUT2D eigenvalue weighted by Gasteiger charge is -2.15. The van der Waals surface area contributed by atoms with Crippen molar-refractivity contribution in [2.45, 2.75) is 20.8 Å². The average molecular weight is 333 g/mol. The molecule has 0 aliphatic rings. The lowest BCUT2D eigenvalue weighted by Crippen LogP contribution is -3.12. The zero-order chi connectivity index (χ0) is 16.7. The van der Waals surface area contributed by atoms with E-state index in [0.717, 1.165) is 30.5 Å². The monoisotopic (exact) mass is 333 g/mol. The highest BCUT2D eigenvalue weighted by atomic mass is 32.1. The van der Waals surface area contributed by atoms with Gasteiger partial charge >= 0.3 is 0 Å². The molecule has 0 spiro atoms. The normalized spacial score (nSPS) is 10.8. The first-order valence-corrected chi connectivity index (χ1v) is 8.91. The highest BCUT2D eigenvalue weighted by Crippen LogP contribution is 2.21. The number of nitrogens with zero attached hydrogens (tertiary/aromatic N) is 1. The molecular weight excluding hydrogens is 308 g/mol. The second-order valence-electron chi connectivity index (χ2n) is 5.49. The first kappa shape index (κ1) is 17.4. The standard InChI is InChI=1S/C17H24N4OS/c1-4-21(5-2)11-10-18-16(22)15-12-23-17(20-15)19-14-8-6-13(3)7-9-14/h6-9,12H,4-5,10-11H2,1-3H3,(H,18,22)(H,19,20)/p+1. The first-order chi connectivity index (χ1) is 11.1. The first-order valence-electron chi connectivity index (χ1n) is 8.03. The SMILES string of the molecule is CC[NH+](CC)CCNC(=O)c1csc(Nc2ccc(C)cc2)n1. The van der Waals surface area contributed by atoms with Gasteiger partial charge in [0.2, 0.25) is 0 Å². The van der Waals surface area contributed by atoms with Gasteiger partial charge in [0, 0.05) is 11.1 Å². The van der Waals surface area contributed by atoms with Crippen molar-refractivity contribution >= 4 is 28.1 Å². The van der Waals surface area contributed by atoms with Crippen LogP contribution in [0.3, 0.4) is 0 Å². The quantitative estimate of drug-likeness (QED) is 0.691. The number of nitrogens with one attached hydrogen (secondary N) is 3. The zero-order valence-electron chi connectivity index (χ0n) is 14.0. The molecule has 0 atom stereocenters. The highest BCUT2D eigenvalue weighted by molar-refractivity contribution is 7.14. The Labute approximate surface area is 141 Å². The minimum atomic E-state index is -0.107. The fourth-order valence-electron chi connectivity index (χ4n) is 2.24. The fraction of sp³-hybridized carbons (Fsp3) is 0.412. The maximum absolute atomic E-state index is 12.1. The molecule has 1 aromatic carbocycles. The van der Waals surface area contributed by atoms with E-state index >= 15 is 0 Å². The van der Waals surface area contributed by atoms with E-state index in [-0.39, 0.29) is 5.91 Å². The van der Waals surface area contributed by atoms with Crippen molar-refractivity contribution in [2.75, 3.05) is 31.5 Å². The van der Waals surface area contributed by atoms with Crippen LogP contribution in [0.15, 0.2) is 29.6 Å². The second kappa shape index (κ2) is 8.64. The van der Waals surface area contributed by atoms with Gasteiger partial charge in [-0.1, -0.05) is 17.7 Å². The van der Waals surface area contributed by atoms with Gasteiger partial charge in [-0.3, -0.25) is 4.79 Å². The number of carbonyl (C=O) groups is 1. The molecule has 3 N–H and O–H groups in total. The van der Waals surface area contributed by atoms with Crippen LogP contribution >= 0.6 is 11.3 Å². The molecule has 0 aliphatic carbocycles. The van der Waals surface area contributed by atoms with E-state index in [2.05, 4.69) is 36.4 Å². The topological polar surface area (TPSA) is 58.5 Å². The van der Waals surface area contributed by atoms with Crippen molar-refractivity contribution < 1.29 is 9.69 Å². The molecule has 5 nitrogen and oxygen atoms in total. The lowest BCUT2D eigenvalue weighted by molar-refractivity contribution is -0.895. The third-order valence-electron chi connectivity index (χ3n) is 3.80. The van der Waals surface area contributed by atoms with Gasteiger partial charge in [0.05, 0.1) is 26.2 Å². The number of hydrogen-bond acceptors (Lipinski definition) is 4.